The third-order valence-electron chi connectivity index (χ3n) is 3.77. The number of hydrogen-bond donors (Lipinski definition) is 2. The Morgan fingerprint density at radius 2 is 2.00 bits per heavy atom. The molecular formula is C15H21NO4. The first-order valence-corrected chi connectivity index (χ1v) is 6.71. The number of amides is 1. The third kappa shape index (κ3) is 3.42. The zero-order chi connectivity index (χ0) is 14.6. The van der Waals surface area contributed by atoms with Gasteiger partial charge in [-0.2, -0.15) is 0 Å². The number of aliphatic hydroxyl groups is 1. The molecule has 0 saturated heterocycles. The summed E-state index contributed by atoms with van der Waals surface area (Å²) < 4.78 is 10.4. The van der Waals surface area contributed by atoms with Gasteiger partial charge in [-0.15, -0.1) is 0 Å². The first-order valence-electron chi connectivity index (χ1n) is 6.71. The molecule has 2 rings (SSSR count). The minimum Gasteiger partial charge on any atom is -0.493 e. The monoisotopic (exact) mass is 279 g/mol. The van der Waals surface area contributed by atoms with Gasteiger partial charge in [-0.3, -0.25) is 4.79 Å². The summed E-state index contributed by atoms with van der Waals surface area (Å²) >= 11 is 0. The summed E-state index contributed by atoms with van der Waals surface area (Å²) in [4.78, 5) is 11.9. The van der Waals surface area contributed by atoms with E-state index >= 15 is 0 Å². The van der Waals surface area contributed by atoms with Crippen molar-refractivity contribution in [3.63, 3.8) is 0 Å². The maximum Gasteiger partial charge on any atom is 0.224 e. The van der Waals surface area contributed by atoms with E-state index in [0.29, 0.717) is 24.5 Å². The quantitative estimate of drug-likeness (QED) is 0.785. The summed E-state index contributed by atoms with van der Waals surface area (Å²) in [6, 6.07) is 5.44. The SMILES string of the molecule is COc1ccc(CC(=O)NCC2(CO)CC2)cc1OC. The second-order valence-electron chi connectivity index (χ2n) is 5.30. The number of rotatable bonds is 7. The lowest BCUT2D eigenvalue weighted by Gasteiger charge is -2.13. The van der Waals surface area contributed by atoms with E-state index in [1.165, 1.54) is 0 Å². The second-order valence-corrected chi connectivity index (χ2v) is 5.30. The van der Waals surface area contributed by atoms with Gasteiger partial charge in [0.15, 0.2) is 11.5 Å². The zero-order valence-corrected chi connectivity index (χ0v) is 11.9. The molecule has 0 bridgehead atoms. The molecule has 0 atom stereocenters. The highest BCUT2D eigenvalue weighted by molar-refractivity contribution is 5.78. The van der Waals surface area contributed by atoms with Crippen LogP contribution in [0.25, 0.3) is 0 Å². The summed E-state index contributed by atoms with van der Waals surface area (Å²) in [5.74, 6) is 1.22. The minimum atomic E-state index is -0.0622. The van der Waals surface area contributed by atoms with Gasteiger partial charge in [0, 0.05) is 12.0 Å². The third-order valence-corrected chi connectivity index (χ3v) is 3.77. The van der Waals surface area contributed by atoms with Gasteiger partial charge >= 0.3 is 0 Å². The maximum absolute atomic E-state index is 11.9. The molecule has 1 aromatic rings. The number of benzene rings is 1. The van der Waals surface area contributed by atoms with Crippen LogP contribution in [0.5, 0.6) is 11.5 Å². The normalized spacial score (nSPS) is 15.6. The van der Waals surface area contributed by atoms with Crippen LogP contribution in [0.2, 0.25) is 0 Å². The maximum atomic E-state index is 11.9. The van der Waals surface area contributed by atoms with E-state index in [-0.39, 0.29) is 17.9 Å². The van der Waals surface area contributed by atoms with Gasteiger partial charge in [-0.25, -0.2) is 0 Å². The molecule has 1 aliphatic rings. The first-order chi connectivity index (χ1) is 9.62. The molecule has 1 fully saturated rings. The second kappa shape index (κ2) is 6.13. The van der Waals surface area contributed by atoms with Gasteiger partial charge in [0.05, 0.1) is 27.2 Å². The van der Waals surface area contributed by atoms with Crippen LogP contribution in [0.3, 0.4) is 0 Å². The summed E-state index contributed by atoms with van der Waals surface area (Å²) in [5, 5.41) is 12.1. The van der Waals surface area contributed by atoms with Gasteiger partial charge in [0.2, 0.25) is 5.91 Å². The molecular weight excluding hydrogens is 258 g/mol. The van der Waals surface area contributed by atoms with Crippen LogP contribution in [-0.4, -0.2) is 38.4 Å². The Bertz CT molecular complexity index is 483. The van der Waals surface area contributed by atoms with Crippen LogP contribution in [0.1, 0.15) is 18.4 Å². The van der Waals surface area contributed by atoms with Crippen LogP contribution in [0.15, 0.2) is 18.2 Å². The molecule has 20 heavy (non-hydrogen) atoms. The van der Waals surface area contributed by atoms with Crippen molar-refractivity contribution in [1.29, 1.82) is 0 Å². The van der Waals surface area contributed by atoms with Crippen molar-refractivity contribution < 1.29 is 19.4 Å². The van der Waals surface area contributed by atoms with Gasteiger partial charge < -0.3 is 19.9 Å². The average Bonchev–Trinajstić information content (AvgIpc) is 3.25. The topological polar surface area (TPSA) is 67.8 Å². The summed E-state index contributed by atoms with van der Waals surface area (Å²) in [6.45, 7) is 0.694. The van der Waals surface area contributed by atoms with E-state index in [2.05, 4.69) is 5.32 Å². The summed E-state index contributed by atoms with van der Waals surface area (Å²) in [5.41, 5.74) is 0.807. The van der Waals surface area contributed by atoms with Gasteiger partial charge in [-0.1, -0.05) is 6.07 Å². The summed E-state index contributed by atoms with van der Waals surface area (Å²) in [7, 11) is 3.15. The number of ether oxygens (including phenoxy) is 2. The lowest BCUT2D eigenvalue weighted by Crippen LogP contribution is -2.32. The molecule has 0 heterocycles. The number of nitrogens with one attached hydrogen (secondary N) is 1. The van der Waals surface area contributed by atoms with Crippen molar-refractivity contribution in [2.45, 2.75) is 19.3 Å². The van der Waals surface area contributed by atoms with Gasteiger partial charge in [-0.05, 0) is 30.5 Å². The smallest absolute Gasteiger partial charge is 0.224 e. The van der Waals surface area contributed by atoms with Crippen molar-refractivity contribution in [2.24, 2.45) is 5.41 Å². The van der Waals surface area contributed by atoms with Crippen LogP contribution in [0, 0.1) is 5.41 Å². The van der Waals surface area contributed by atoms with E-state index in [9.17, 15) is 9.90 Å². The molecule has 110 valence electrons. The Hall–Kier alpha value is -1.75. The van der Waals surface area contributed by atoms with Crippen molar-refractivity contribution >= 4 is 5.91 Å². The molecule has 0 radical (unpaired) electrons. The van der Waals surface area contributed by atoms with E-state index in [1.807, 2.05) is 6.07 Å². The van der Waals surface area contributed by atoms with E-state index in [0.717, 1.165) is 18.4 Å². The number of aliphatic hydroxyl groups excluding tert-OH is 1. The fourth-order valence-corrected chi connectivity index (χ4v) is 2.09. The molecule has 1 aliphatic carbocycles. The highest BCUT2D eigenvalue weighted by Crippen LogP contribution is 2.44. The average molecular weight is 279 g/mol. The molecule has 0 spiro atoms. The van der Waals surface area contributed by atoms with Crippen LogP contribution in [-0.2, 0) is 11.2 Å². The van der Waals surface area contributed by atoms with Crippen molar-refractivity contribution in [3.05, 3.63) is 23.8 Å². The molecule has 5 nitrogen and oxygen atoms in total. The highest BCUT2D eigenvalue weighted by Gasteiger charge is 2.41. The Morgan fingerprint density at radius 1 is 1.30 bits per heavy atom. The van der Waals surface area contributed by atoms with Crippen LogP contribution < -0.4 is 14.8 Å². The predicted molar refractivity (Wildman–Crippen MR) is 75.0 cm³/mol. The molecule has 5 heteroatoms. The lowest BCUT2D eigenvalue weighted by molar-refractivity contribution is -0.120. The standard InChI is InChI=1S/C15H21NO4/c1-19-12-4-3-11(7-13(12)20-2)8-14(18)16-9-15(10-17)5-6-15/h3-4,7,17H,5-6,8-10H2,1-2H3,(H,16,18). The Balaban J connectivity index is 1.90. The summed E-state index contributed by atoms with van der Waals surface area (Å²) in [6.07, 6.45) is 2.27. The fraction of sp³-hybridized carbons (Fsp3) is 0.533. The van der Waals surface area contributed by atoms with Crippen LogP contribution >= 0.6 is 0 Å². The highest BCUT2D eigenvalue weighted by atomic mass is 16.5. The van der Waals surface area contributed by atoms with E-state index in [4.69, 9.17) is 9.47 Å². The van der Waals surface area contributed by atoms with Crippen LogP contribution in [0.4, 0.5) is 0 Å². The van der Waals surface area contributed by atoms with Gasteiger partial charge in [0.1, 0.15) is 0 Å². The molecule has 1 saturated carbocycles. The lowest BCUT2D eigenvalue weighted by atomic mass is 10.1. The van der Waals surface area contributed by atoms with Gasteiger partial charge in [0.25, 0.3) is 0 Å². The minimum absolute atomic E-state index is 0.0445. The Labute approximate surface area is 118 Å². The molecule has 0 aromatic heterocycles. The molecule has 2 N–H and O–H groups in total. The number of carbonyl (C=O) groups is 1. The molecule has 1 aromatic carbocycles. The number of hydrogen-bond acceptors (Lipinski definition) is 4. The van der Waals surface area contributed by atoms with Crippen molar-refractivity contribution in [1.82, 2.24) is 5.32 Å². The Morgan fingerprint density at radius 3 is 2.55 bits per heavy atom. The largest absolute Gasteiger partial charge is 0.493 e. The van der Waals surface area contributed by atoms with E-state index in [1.54, 1.807) is 26.4 Å². The predicted octanol–water partition coefficient (Wildman–Crippen LogP) is 1.14. The zero-order valence-electron chi connectivity index (χ0n) is 11.9. The number of carbonyl (C=O) groups excluding carboxylic acids is 1. The first kappa shape index (κ1) is 14.7. The fourth-order valence-electron chi connectivity index (χ4n) is 2.09. The van der Waals surface area contributed by atoms with Crippen molar-refractivity contribution in [2.75, 3.05) is 27.4 Å². The molecule has 1 amide bonds. The molecule has 0 unspecified atom stereocenters. The molecule has 0 aliphatic heterocycles. The Kier molecular flexibility index (Phi) is 4.49. The van der Waals surface area contributed by atoms with Crippen molar-refractivity contribution in [3.8, 4) is 11.5 Å². The van der Waals surface area contributed by atoms with E-state index < -0.39 is 0 Å². The number of methoxy groups -OCH3 is 2.